The van der Waals surface area contributed by atoms with E-state index in [0.29, 0.717) is 16.5 Å². The first-order valence-corrected chi connectivity index (χ1v) is 10.5. The molecule has 3 N–H and O–H groups in total. The molecule has 1 atom stereocenters. The topological polar surface area (TPSA) is 133 Å². The van der Waals surface area contributed by atoms with Crippen molar-refractivity contribution in [2.45, 2.75) is 46.1 Å². The number of nitrogen functional groups attached to an aromatic ring is 1. The van der Waals surface area contributed by atoms with Gasteiger partial charge in [0.2, 0.25) is 0 Å². The minimum absolute atomic E-state index is 0.0818. The summed E-state index contributed by atoms with van der Waals surface area (Å²) in [5, 5.41) is 3.11. The van der Waals surface area contributed by atoms with E-state index in [-0.39, 0.29) is 17.6 Å². The molecule has 2 aromatic heterocycles. The third-order valence-electron chi connectivity index (χ3n) is 4.57. The van der Waals surface area contributed by atoms with Crippen LogP contribution in [0.2, 0.25) is 0 Å². The van der Waals surface area contributed by atoms with Crippen LogP contribution < -0.4 is 11.1 Å². The number of nitrogens with zero attached hydrogens (tertiary/aromatic N) is 2. The molecule has 10 heteroatoms. The third kappa shape index (κ3) is 4.93. The molecule has 1 aliphatic carbocycles. The molecule has 0 radical (unpaired) electrons. The van der Waals surface area contributed by atoms with Crippen molar-refractivity contribution in [3.05, 3.63) is 34.1 Å². The van der Waals surface area contributed by atoms with Crippen LogP contribution in [0, 0.1) is 5.92 Å². The summed E-state index contributed by atoms with van der Waals surface area (Å²) in [4.78, 5) is 45.8. The Morgan fingerprint density at radius 2 is 2.00 bits per heavy atom. The van der Waals surface area contributed by atoms with Crippen molar-refractivity contribution in [2.24, 2.45) is 5.92 Å². The van der Waals surface area contributed by atoms with Gasteiger partial charge >= 0.3 is 11.9 Å². The Morgan fingerprint density at radius 3 is 2.70 bits per heavy atom. The Hall–Kier alpha value is -3.01. The van der Waals surface area contributed by atoms with Gasteiger partial charge in [-0.3, -0.25) is 4.79 Å². The van der Waals surface area contributed by atoms with Crippen molar-refractivity contribution in [3.63, 3.8) is 0 Å². The highest BCUT2D eigenvalue weighted by Gasteiger charge is 2.30. The minimum atomic E-state index is -0.852. The summed E-state index contributed by atoms with van der Waals surface area (Å²) in [5.74, 6) is -1.46. The SMILES string of the molecule is CC1CCc2c(sc(NC(=O)COC(=O)c3nccnc3N)c2C(=O)OC(C)C)C1. The van der Waals surface area contributed by atoms with E-state index < -0.39 is 24.5 Å². The molecule has 9 nitrogen and oxygen atoms in total. The Bertz CT molecular complexity index is 972. The molecule has 3 rings (SSSR count). The number of esters is 2. The van der Waals surface area contributed by atoms with Crippen molar-refractivity contribution in [3.8, 4) is 0 Å². The van der Waals surface area contributed by atoms with Gasteiger partial charge in [0.15, 0.2) is 18.1 Å². The van der Waals surface area contributed by atoms with Crippen molar-refractivity contribution in [1.82, 2.24) is 9.97 Å². The molecule has 30 heavy (non-hydrogen) atoms. The number of anilines is 2. The van der Waals surface area contributed by atoms with Gasteiger partial charge in [0.25, 0.3) is 5.91 Å². The molecule has 0 saturated carbocycles. The summed E-state index contributed by atoms with van der Waals surface area (Å²) in [7, 11) is 0. The van der Waals surface area contributed by atoms with E-state index in [0.717, 1.165) is 29.7 Å². The van der Waals surface area contributed by atoms with Gasteiger partial charge in [-0.1, -0.05) is 6.92 Å². The predicted molar refractivity (Wildman–Crippen MR) is 111 cm³/mol. The highest BCUT2D eigenvalue weighted by molar-refractivity contribution is 7.17. The number of fused-ring (bicyclic) bond motifs is 1. The number of aromatic nitrogens is 2. The van der Waals surface area contributed by atoms with Crippen molar-refractivity contribution >= 4 is 40.0 Å². The van der Waals surface area contributed by atoms with Gasteiger partial charge in [-0.05, 0) is 44.6 Å². The number of carbonyl (C=O) groups is 3. The summed E-state index contributed by atoms with van der Waals surface area (Å²) < 4.78 is 10.4. The zero-order chi connectivity index (χ0) is 21.8. The number of thiophene rings is 1. The molecule has 1 aliphatic rings. The lowest BCUT2D eigenvalue weighted by Crippen LogP contribution is -2.23. The van der Waals surface area contributed by atoms with Crippen LogP contribution in [0.3, 0.4) is 0 Å². The Morgan fingerprint density at radius 1 is 1.27 bits per heavy atom. The summed E-state index contributed by atoms with van der Waals surface area (Å²) >= 11 is 1.37. The molecule has 0 fully saturated rings. The first-order valence-electron chi connectivity index (χ1n) is 9.65. The first-order chi connectivity index (χ1) is 14.3. The molecule has 0 aromatic carbocycles. The van der Waals surface area contributed by atoms with Gasteiger partial charge in [-0.25, -0.2) is 19.6 Å². The van der Waals surface area contributed by atoms with Gasteiger partial charge in [0.1, 0.15) is 5.00 Å². The van der Waals surface area contributed by atoms with Crippen LogP contribution in [0.4, 0.5) is 10.8 Å². The standard InChI is InChI=1S/C20H24N4O5S/c1-10(2)29-19(26)15-12-5-4-11(3)8-13(12)30-18(15)24-14(25)9-28-20(27)16-17(21)23-7-6-22-16/h6-7,10-11H,4-5,8-9H2,1-3H3,(H2,21,23)(H,24,25). The van der Waals surface area contributed by atoms with E-state index in [4.69, 9.17) is 15.2 Å². The molecular formula is C20H24N4O5S. The second kappa shape index (κ2) is 9.21. The minimum Gasteiger partial charge on any atom is -0.459 e. The smallest absolute Gasteiger partial charge is 0.361 e. The second-order valence-electron chi connectivity index (χ2n) is 7.42. The average molecular weight is 433 g/mol. The maximum Gasteiger partial charge on any atom is 0.361 e. The fourth-order valence-electron chi connectivity index (χ4n) is 3.20. The molecule has 0 spiro atoms. The summed E-state index contributed by atoms with van der Waals surface area (Å²) in [6.07, 6.45) is 4.94. The number of nitrogens with one attached hydrogen (secondary N) is 1. The van der Waals surface area contributed by atoms with E-state index in [2.05, 4.69) is 22.2 Å². The third-order valence-corrected chi connectivity index (χ3v) is 5.74. The summed E-state index contributed by atoms with van der Waals surface area (Å²) in [6.45, 7) is 5.15. The van der Waals surface area contributed by atoms with E-state index in [9.17, 15) is 14.4 Å². The highest BCUT2D eigenvalue weighted by atomic mass is 32.1. The molecule has 2 aromatic rings. The number of amides is 1. The zero-order valence-electron chi connectivity index (χ0n) is 17.1. The zero-order valence-corrected chi connectivity index (χ0v) is 17.9. The lowest BCUT2D eigenvalue weighted by molar-refractivity contribution is -0.119. The molecule has 0 bridgehead atoms. The van der Waals surface area contributed by atoms with Crippen LogP contribution in [0.25, 0.3) is 0 Å². The average Bonchev–Trinajstić information content (AvgIpc) is 3.02. The van der Waals surface area contributed by atoms with Crippen molar-refractivity contribution in [2.75, 3.05) is 17.7 Å². The number of hydrogen-bond acceptors (Lipinski definition) is 9. The number of carbonyl (C=O) groups excluding carboxylic acids is 3. The lowest BCUT2D eigenvalue weighted by Gasteiger charge is -2.18. The predicted octanol–water partition coefficient (Wildman–Crippen LogP) is 2.61. The fraction of sp³-hybridized carbons (Fsp3) is 0.450. The van der Waals surface area contributed by atoms with Crippen LogP contribution in [-0.4, -0.2) is 40.5 Å². The van der Waals surface area contributed by atoms with Gasteiger partial charge in [0.05, 0.1) is 11.7 Å². The van der Waals surface area contributed by atoms with Gasteiger partial charge in [0, 0.05) is 17.3 Å². The molecule has 2 heterocycles. The van der Waals surface area contributed by atoms with E-state index in [1.165, 1.54) is 23.7 Å². The van der Waals surface area contributed by atoms with Crippen LogP contribution in [0.1, 0.15) is 58.5 Å². The quantitative estimate of drug-likeness (QED) is 0.666. The molecule has 1 amide bonds. The number of ether oxygens (including phenoxy) is 2. The van der Waals surface area contributed by atoms with E-state index in [1.807, 2.05) is 0 Å². The van der Waals surface area contributed by atoms with Crippen molar-refractivity contribution in [1.29, 1.82) is 0 Å². The number of nitrogens with two attached hydrogens (primary N) is 1. The lowest BCUT2D eigenvalue weighted by atomic mass is 9.88. The molecule has 1 unspecified atom stereocenters. The van der Waals surface area contributed by atoms with Gasteiger partial charge in [-0.15, -0.1) is 11.3 Å². The molecule has 0 aliphatic heterocycles. The fourth-order valence-corrected chi connectivity index (χ4v) is 4.61. The largest absolute Gasteiger partial charge is 0.459 e. The van der Waals surface area contributed by atoms with E-state index in [1.54, 1.807) is 13.8 Å². The van der Waals surface area contributed by atoms with Gasteiger partial charge < -0.3 is 20.5 Å². The maximum absolute atomic E-state index is 12.7. The second-order valence-corrected chi connectivity index (χ2v) is 8.53. The molecule has 160 valence electrons. The maximum atomic E-state index is 12.7. The summed E-state index contributed by atoms with van der Waals surface area (Å²) in [6, 6.07) is 0. The van der Waals surface area contributed by atoms with Crippen molar-refractivity contribution < 1.29 is 23.9 Å². The Balaban J connectivity index is 1.73. The Labute approximate surface area is 178 Å². The number of rotatable bonds is 6. The number of hydrogen-bond donors (Lipinski definition) is 2. The first kappa shape index (κ1) is 21.7. The summed E-state index contributed by atoms with van der Waals surface area (Å²) in [5.41, 5.74) is 6.76. The molecule has 0 saturated heterocycles. The van der Waals surface area contributed by atoms with Crippen LogP contribution in [-0.2, 0) is 27.1 Å². The van der Waals surface area contributed by atoms with Crippen LogP contribution in [0.5, 0.6) is 0 Å². The monoisotopic (exact) mass is 432 g/mol. The Kier molecular flexibility index (Phi) is 6.66. The normalized spacial score (nSPS) is 15.4. The van der Waals surface area contributed by atoms with Crippen LogP contribution >= 0.6 is 11.3 Å². The van der Waals surface area contributed by atoms with Crippen LogP contribution in [0.15, 0.2) is 12.4 Å². The van der Waals surface area contributed by atoms with Gasteiger partial charge in [-0.2, -0.15) is 0 Å². The highest BCUT2D eigenvalue weighted by Crippen LogP contribution is 2.40. The van der Waals surface area contributed by atoms with E-state index >= 15 is 0 Å². The molecular weight excluding hydrogens is 408 g/mol.